The number of carboxylic acids is 1. The van der Waals surface area contributed by atoms with Gasteiger partial charge in [0.15, 0.2) is 0 Å². The molecule has 6 heteroatoms. The van der Waals surface area contributed by atoms with Crippen molar-refractivity contribution in [3.8, 4) is 0 Å². The van der Waals surface area contributed by atoms with Crippen molar-refractivity contribution in [2.75, 3.05) is 6.54 Å². The van der Waals surface area contributed by atoms with E-state index in [0.717, 1.165) is 0 Å². The molecule has 0 unspecified atom stereocenters. The number of hydrogen-bond donors (Lipinski definition) is 4. The molecule has 0 aromatic carbocycles. The van der Waals surface area contributed by atoms with Crippen LogP contribution >= 0.6 is 24.8 Å². The van der Waals surface area contributed by atoms with Gasteiger partial charge in [-0.05, 0) is 0 Å². The Bertz CT molecular complexity index is 123. The molecule has 58 valence electrons. The second-order valence-electron chi connectivity index (χ2n) is 1.50. The molecule has 0 aromatic heterocycles. The molecule has 0 fully saturated rings. The summed E-state index contributed by atoms with van der Waals surface area (Å²) >= 11 is 8.25. The van der Waals surface area contributed by atoms with Crippen LogP contribution in [-0.2, 0) is 4.79 Å². The monoisotopic (exact) mass is 180 g/mol. The summed E-state index contributed by atoms with van der Waals surface area (Å²) in [6.07, 6.45) is 0.0589. The molecule has 0 aliphatic heterocycles. The topological polar surface area (TPSA) is 61.4 Å². The fourth-order valence-corrected chi connectivity index (χ4v) is 0.459. The van der Waals surface area contributed by atoms with Gasteiger partial charge >= 0.3 is 5.97 Å². The summed E-state index contributed by atoms with van der Waals surface area (Å²) in [6.45, 7) is 0.329. The standard InChI is InChI=1S/C4H8N2O2S2/c7-3(8)1-2-5-6-4(9)10/h5H,1-2H2,(H,7,8)(H2,6,9,10). The highest BCUT2D eigenvalue weighted by Gasteiger charge is 1.93. The highest BCUT2D eigenvalue weighted by atomic mass is 32.1. The molecule has 0 saturated heterocycles. The van der Waals surface area contributed by atoms with Gasteiger partial charge in [-0.3, -0.25) is 4.79 Å². The first-order chi connectivity index (χ1) is 4.63. The Morgan fingerprint density at radius 1 is 1.70 bits per heavy atom. The minimum atomic E-state index is -0.848. The number of aliphatic carboxylic acids is 1. The van der Waals surface area contributed by atoms with Crippen LogP contribution in [0.15, 0.2) is 0 Å². The van der Waals surface area contributed by atoms with Crippen molar-refractivity contribution in [2.45, 2.75) is 6.42 Å². The maximum absolute atomic E-state index is 9.92. The normalized spacial score (nSPS) is 8.90. The molecule has 10 heavy (non-hydrogen) atoms. The van der Waals surface area contributed by atoms with E-state index >= 15 is 0 Å². The van der Waals surface area contributed by atoms with Crippen molar-refractivity contribution in [1.82, 2.24) is 10.9 Å². The zero-order chi connectivity index (χ0) is 7.98. The SMILES string of the molecule is O=C(O)CCNNC(=S)S. The average Bonchev–Trinajstić information content (AvgIpc) is 1.79. The number of thiocarbonyl (C=S) groups is 1. The van der Waals surface area contributed by atoms with Gasteiger partial charge in [-0.2, -0.15) is 0 Å². The third-order valence-corrected chi connectivity index (χ3v) is 0.873. The van der Waals surface area contributed by atoms with Gasteiger partial charge < -0.3 is 10.5 Å². The van der Waals surface area contributed by atoms with Crippen LogP contribution in [-0.4, -0.2) is 21.9 Å². The molecule has 0 aromatic rings. The van der Waals surface area contributed by atoms with Gasteiger partial charge in [0.25, 0.3) is 0 Å². The lowest BCUT2D eigenvalue weighted by atomic mass is 10.4. The summed E-state index contributed by atoms with van der Waals surface area (Å²) in [5, 5.41) is 8.16. The number of carbonyl (C=O) groups is 1. The smallest absolute Gasteiger partial charge is 0.304 e. The lowest BCUT2D eigenvalue weighted by Gasteiger charge is -2.02. The van der Waals surface area contributed by atoms with E-state index in [9.17, 15) is 4.79 Å². The maximum Gasteiger partial charge on any atom is 0.304 e. The van der Waals surface area contributed by atoms with E-state index < -0.39 is 5.97 Å². The van der Waals surface area contributed by atoms with E-state index in [1.165, 1.54) is 0 Å². The third kappa shape index (κ3) is 7.67. The molecule has 0 bridgehead atoms. The number of hydrazine groups is 1. The zero-order valence-electron chi connectivity index (χ0n) is 5.13. The summed E-state index contributed by atoms with van der Waals surface area (Å²) in [4.78, 5) is 9.92. The predicted octanol–water partition coefficient (Wildman–Crippen LogP) is -0.230. The fraction of sp³-hybridized carbons (Fsp3) is 0.500. The summed E-state index contributed by atoms with van der Waals surface area (Å²) < 4.78 is 0.297. The molecule has 0 saturated carbocycles. The van der Waals surface area contributed by atoms with Gasteiger partial charge in [0.2, 0.25) is 0 Å². The van der Waals surface area contributed by atoms with Crippen molar-refractivity contribution >= 4 is 35.1 Å². The van der Waals surface area contributed by atoms with E-state index in [4.69, 9.17) is 5.11 Å². The summed E-state index contributed by atoms with van der Waals surface area (Å²) in [7, 11) is 0. The number of nitrogens with one attached hydrogen (secondary N) is 2. The van der Waals surface area contributed by atoms with Gasteiger partial charge in [0, 0.05) is 6.54 Å². The van der Waals surface area contributed by atoms with E-state index in [0.29, 0.717) is 10.9 Å². The Hall–Kier alpha value is -0.330. The minimum absolute atomic E-state index is 0.0589. The Kier molecular flexibility index (Phi) is 5.27. The van der Waals surface area contributed by atoms with Crippen molar-refractivity contribution in [3.05, 3.63) is 0 Å². The van der Waals surface area contributed by atoms with Crippen LogP contribution in [0.1, 0.15) is 6.42 Å². The number of carboxylic acid groups (broad SMARTS) is 1. The molecule has 4 nitrogen and oxygen atoms in total. The molecule has 3 N–H and O–H groups in total. The molecule has 0 rings (SSSR count). The summed E-state index contributed by atoms with van der Waals surface area (Å²) in [5.41, 5.74) is 5.05. The van der Waals surface area contributed by atoms with Gasteiger partial charge in [0.1, 0.15) is 4.32 Å². The third-order valence-electron chi connectivity index (χ3n) is 0.659. The molecular formula is C4H8N2O2S2. The van der Waals surface area contributed by atoms with Crippen LogP contribution < -0.4 is 10.9 Å². The maximum atomic E-state index is 9.92. The Morgan fingerprint density at radius 3 is 2.70 bits per heavy atom. The van der Waals surface area contributed by atoms with Crippen molar-refractivity contribution < 1.29 is 9.90 Å². The first-order valence-corrected chi connectivity index (χ1v) is 3.42. The molecule has 0 aliphatic carbocycles. The average molecular weight is 180 g/mol. The van der Waals surface area contributed by atoms with Crippen LogP contribution in [0.3, 0.4) is 0 Å². The van der Waals surface area contributed by atoms with Crippen LogP contribution in [0.2, 0.25) is 0 Å². The second-order valence-corrected chi connectivity index (χ2v) is 2.66. The molecule has 0 radical (unpaired) electrons. The van der Waals surface area contributed by atoms with Gasteiger partial charge in [-0.1, -0.05) is 12.2 Å². The van der Waals surface area contributed by atoms with Gasteiger partial charge in [0.05, 0.1) is 6.42 Å². The molecule has 0 spiro atoms. The number of thiol groups is 1. The summed E-state index contributed by atoms with van der Waals surface area (Å²) in [5.74, 6) is -0.848. The number of hydrogen-bond acceptors (Lipinski definition) is 3. The van der Waals surface area contributed by atoms with Gasteiger partial charge in [-0.15, -0.1) is 12.6 Å². The molecule has 0 amide bonds. The van der Waals surface area contributed by atoms with Crippen molar-refractivity contribution in [1.29, 1.82) is 0 Å². The highest BCUT2D eigenvalue weighted by Crippen LogP contribution is 1.75. The lowest BCUT2D eigenvalue weighted by molar-refractivity contribution is -0.136. The van der Waals surface area contributed by atoms with Crippen molar-refractivity contribution in [2.24, 2.45) is 0 Å². The lowest BCUT2D eigenvalue weighted by Crippen LogP contribution is -2.35. The minimum Gasteiger partial charge on any atom is -0.481 e. The Balaban J connectivity index is 3.06. The van der Waals surface area contributed by atoms with Crippen LogP contribution in [0, 0.1) is 0 Å². The second kappa shape index (κ2) is 5.45. The van der Waals surface area contributed by atoms with Crippen LogP contribution in [0.4, 0.5) is 0 Å². The molecular weight excluding hydrogens is 172 g/mol. The predicted molar refractivity (Wildman–Crippen MR) is 45.0 cm³/mol. The van der Waals surface area contributed by atoms with Crippen LogP contribution in [0.25, 0.3) is 0 Å². The largest absolute Gasteiger partial charge is 0.481 e. The van der Waals surface area contributed by atoms with E-state index in [-0.39, 0.29) is 6.42 Å². The summed E-state index contributed by atoms with van der Waals surface area (Å²) in [6, 6.07) is 0. The highest BCUT2D eigenvalue weighted by molar-refractivity contribution is 8.11. The van der Waals surface area contributed by atoms with Crippen molar-refractivity contribution in [3.63, 3.8) is 0 Å². The molecule has 0 atom stereocenters. The van der Waals surface area contributed by atoms with E-state index in [2.05, 4.69) is 35.7 Å². The quantitative estimate of drug-likeness (QED) is 0.208. The zero-order valence-corrected chi connectivity index (χ0v) is 6.84. The fourth-order valence-electron chi connectivity index (χ4n) is 0.308. The van der Waals surface area contributed by atoms with E-state index in [1.807, 2.05) is 0 Å². The van der Waals surface area contributed by atoms with Gasteiger partial charge in [-0.25, -0.2) is 5.43 Å². The molecule has 0 aliphatic rings. The number of rotatable bonds is 4. The van der Waals surface area contributed by atoms with E-state index in [1.54, 1.807) is 0 Å². The first kappa shape index (κ1) is 9.67. The Labute approximate surface area is 69.4 Å². The Morgan fingerprint density at radius 2 is 2.30 bits per heavy atom. The van der Waals surface area contributed by atoms with Crippen LogP contribution in [0.5, 0.6) is 0 Å². The molecule has 0 heterocycles. The first-order valence-electron chi connectivity index (χ1n) is 2.56.